The molecule has 0 saturated carbocycles. The molecule has 0 bridgehead atoms. The van der Waals surface area contributed by atoms with Crippen molar-refractivity contribution in [2.24, 2.45) is 0 Å². The molecule has 0 radical (unpaired) electrons. The van der Waals surface area contributed by atoms with Gasteiger partial charge in [-0.25, -0.2) is 4.79 Å². The average molecular weight is 293 g/mol. The Balaban J connectivity index is 2.07. The van der Waals surface area contributed by atoms with Crippen LogP contribution in [0.4, 0.5) is 0 Å². The largest absolute Gasteiger partial charge is 0.457 e. The van der Waals surface area contributed by atoms with Gasteiger partial charge in [0.1, 0.15) is 6.61 Å². The van der Waals surface area contributed by atoms with E-state index in [2.05, 4.69) is 12.6 Å². The van der Waals surface area contributed by atoms with E-state index in [0.29, 0.717) is 10.6 Å². The molecule has 2 aromatic carbocycles. The van der Waals surface area contributed by atoms with Crippen molar-refractivity contribution in [3.63, 3.8) is 0 Å². The van der Waals surface area contributed by atoms with Crippen LogP contribution in [0.25, 0.3) is 0 Å². The smallest absolute Gasteiger partial charge is 0.338 e. The van der Waals surface area contributed by atoms with Crippen LogP contribution in [0, 0.1) is 6.92 Å². The number of esters is 1. The Morgan fingerprint density at radius 1 is 1.26 bits per heavy atom. The highest BCUT2D eigenvalue weighted by Crippen LogP contribution is 2.17. The molecule has 2 aromatic rings. The van der Waals surface area contributed by atoms with Gasteiger partial charge >= 0.3 is 5.97 Å². The zero-order valence-electron chi connectivity index (χ0n) is 10.4. The number of halogens is 1. The first-order chi connectivity index (χ1) is 9.06. The Bertz CT molecular complexity index is 611. The van der Waals surface area contributed by atoms with Crippen molar-refractivity contribution in [3.8, 4) is 0 Å². The van der Waals surface area contributed by atoms with Gasteiger partial charge in [0.25, 0.3) is 0 Å². The lowest BCUT2D eigenvalue weighted by atomic mass is 10.1. The van der Waals surface area contributed by atoms with Crippen molar-refractivity contribution in [2.75, 3.05) is 0 Å². The zero-order chi connectivity index (χ0) is 13.8. The van der Waals surface area contributed by atoms with Crippen molar-refractivity contribution in [1.29, 1.82) is 0 Å². The fourth-order valence-electron chi connectivity index (χ4n) is 1.68. The maximum absolute atomic E-state index is 12.0. The minimum absolute atomic E-state index is 0.204. The Hall–Kier alpha value is -1.45. The molecule has 0 fully saturated rings. The van der Waals surface area contributed by atoms with Crippen molar-refractivity contribution in [2.45, 2.75) is 18.4 Å². The van der Waals surface area contributed by atoms with Crippen LogP contribution in [0.15, 0.2) is 47.4 Å². The third-order valence-electron chi connectivity index (χ3n) is 2.70. The molecule has 2 nitrogen and oxygen atoms in total. The van der Waals surface area contributed by atoms with Gasteiger partial charge in [0, 0.05) is 9.92 Å². The summed E-state index contributed by atoms with van der Waals surface area (Å²) in [6.45, 7) is 2.07. The molecule has 0 aliphatic rings. The summed E-state index contributed by atoms with van der Waals surface area (Å²) in [6.07, 6.45) is 0. The minimum atomic E-state index is -0.353. The van der Waals surface area contributed by atoms with Crippen LogP contribution in [-0.2, 0) is 11.3 Å². The molecule has 0 atom stereocenters. The third kappa shape index (κ3) is 3.75. The number of ether oxygens (including phenoxy) is 1. The molecule has 98 valence electrons. The van der Waals surface area contributed by atoms with Gasteiger partial charge in [-0.3, -0.25) is 0 Å². The van der Waals surface area contributed by atoms with Crippen molar-refractivity contribution in [3.05, 3.63) is 64.2 Å². The highest BCUT2D eigenvalue weighted by Gasteiger charge is 2.11. The van der Waals surface area contributed by atoms with Gasteiger partial charge in [-0.2, -0.15) is 0 Å². The summed E-state index contributed by atoms with van der Waals surface area (Å²) in [4.78, 5) is 12.7. The summed E-state index contributed by atoms with van der Waals surface area (Å²) >= 11 is 10.1. The summed E-state index contributed by atoms with van der Waals surface area (Å²) in [5.41, 5.74) is 2.27. The lowest BCUT2D eigenvalue weighted by molar-refractivity contribution is 0.0471. The lowest BCUT2D eigenvalue weighted by Gasteiger charge is -2.08. The second kappa shape index (κ2) is 6.13. The predicted octanol–water partition coefficient (Wildman–Crippen LogP) is 4.29. The second-order valence-corrected chi connectivity index (χ2v) is 5.16. The molecule has 2 rings (SSSR count). The van der Waals surface area contributed by atoms with Crippen LogP contribution in [0.5, 0.6) is 0 Å². The molecule has 0 unspecified atom stereocenters. The molecule has 0 heterocycles. The van der Waals surface area contributed by atoms with Gasteiger partial charge in [-0.1, -0.05) is 29.8 Å². The van der Waals surface area contributed by atoms with Crippen LogP contribution in [0.3, 0.4) is 0 Å². The number of carbonyl (C=O) groups is 1. The molecule has 0 saturated heterocycles. The number of thiol groups is 1. The number of aryl methyl sites for hydroxylation is 1. The predicted molar refractivity (Wildman–Crippen MR) is 79.0 cm³/mol. The highest BCUT2D eigenvalue weighted by molar-refractivity contribution is 7.80. The normalized spacial score (nSPS) is 10.3. The summed E-state index contributed by atoms with van der Waals surface area (Å²) in [5.74, 6) is -0.353. The molecule has 0 aliphatic heterocycles. The molecule has 0 spiro atoms. The number of hydrogen-bond acceptors (Lipinski definition) is 3. The van der Waals surface area contributed by atoms with E-state index in [-0.39, 0.29) is 12.6 Å². The van der Waals surface area contributed by atoms with E-state index in [1.54, 1.807) is 18.2 Å². The molecule has 0 amide bonds. The Kier molecular flexibility index (Phi) is 4.51. The first-order valence-electron chi connectivity index (χ1n) is 5.77. The maximum Gasteiger partial charge on any atom is 0.338 e. The molecule has 0 aromatic heterocycles. The van der Waals surface area contributed by atoms with Crippen molar-refractivity contribution >= 4 is 30.2 Å². The molecule has 0 aliphatic carbocycles. The van der Waals surface area contributed by atoms with Gasteiger partial charge < -0.3 is 4.74 Å². The highest BCUT2D eigenvalue weighted by atomic mass is 35.5. The SMILES string of the molecule is Cc1ccc(S)cc1C(=O)OCc1cccc(Cl)c1. The van der Waals surface area contributed by atoms with Crippen LogP contribution < -0.4 is 0 Å². The van der Waals surface area contributed by atoms with Crippen molar-refractivity contribution < 1.29 is 9.53 Å². The second-order valence-electron chi connectivity index (χ2n) is 4.21. The number of carbonyl (C=O) groups excluding carboxylic acids is 1. The molecule has 4 heteroatoms. The van der Waals surface area contributed by atoms with E-state index in [9.17, 15) is 4.79 Å². The summed E-state index contributed by atoms with van der Waals surface area (Å²) in [5, 5.41) is 0.627. The van der Waals surface area contributed by atoms with Crippen LogP contribution in [0.1, 0.15) is 21.5 Å². The van der Waals surface area contributed by atoms with E-state index >= 15 is 0 Å². The maximum atomic E-state index is 12.0. The van der Waals surface area contributed by atoms with Gasteiger partial charge in [-0.05, 0) is 42.3 Å². The standard InChI is InChI=1S/C15H13ClO2S/c1-10-5-6-13(19)8-14(10)15(17)18-9-11-3-2-4-12(16)7-11/h2-8,19H,9H2,1H3. The van der Waals surface area contributed by atoms with Crippen LogP contribution >= 0.6 is 24.2 Å². The molecule has 0 N–H and O–H groups in total. The van der Waals surface area contributed by atoms with E-state index in [4.69, 9.17) is 16.3 Å². The van der Waals surface area contributed by atoms with E-state index in [1.165, 1.54) is 0 Å². The van der Waals surface area contributed by atoms with Gasteiger partial charge in [0.05, 0.1) is 5.56 Å². The van der Waals surface area contributed by atoms with Crippen molar-refractivity contribution in [1.82, 2.24) is 0 Å². The van der Waals surface area contributed by atoms with Gasteiger partial charge in [-0.15, -0.1) is 12.6 Å². The Morgan fingerprint density at radius 2 is 2.05 bits per heavy atom. The monoisotopic (exact) mass is 292 g/mol. The number of rotatable bonds is 3. The quantitative estimate of drug-likeness (QED) is 0.674. The molecular formula is C15H13ClO2S. The fraction of sp³-hybridized carbons (Fsp3) is 0.133. The average Bonchev–Trinajstić information content (AvgIpc) is 2.39. The lowest BCUT2D eigenvalue weighted by Crippen LogP contribution is -2.07. The molecule has 19 heavy (non-hydrogen) atoms. The van der Waals surface area contributed by atoms with Gasteiger partial charge in [0.15, 0.2) is 0 Å². The Labute approximate surface area is 122 Å². The summed E-state index contributed by atoms with van der Waals surface area (Å²) < 4.78 is 5.27. The zero-order valence-corrected chi connectivity index (χ0v) is 12.0. The number of benzene rings is 2. The topological polar surface area (TPSA) is 26.3 Å². The first-order valence-corrected chi connectivity index (χ1v) is 6.60. The summed E-state index contributed by atoms with van der Waals surface area (Å²) in [6, 6.07) is 12.6. The third-order valence-corrected chi connectivity index (χ3v) is 3.21. The van der Waals surface area contributed by atoms with E-state index < -0.39 is 0 Å². The minimum Gasteiger partial charge on any atom is -0.457 e. The van der Waals surface area contributed by atoms with Crippen LogP contribution in [-0.4, -0.2) is 5.97 Å². The summed E-state index contributed by atoms with van der Waals surface area (Å²) in [7, 11) is 0. The number of hydrogen-bond donors (Lipinski definition) is 1. The van der Waals surface area contributed by atoms with E-state index in [0.717, 1.165) is 16.0 Å². The van der Waals surface area contributed by atoms with Crippen LogP contribution in [0.2, 0.25) is 5.02 Å². The van der Waals surface area contributed by atoms with Gasteiger partial charge in [0.2, 0.25) is 0 Å². The van der Waals surface area contributed by atoms with E-state index in [1.807, 2.05) is 31.2 Å². The first kappa shape index (κ1) is 14.0. The Morgan fingerprint density at radius 3 is 2.79 bits per heavy atom. The molecular weight excluding hydrogens is 280 g/mol. The fourth-order valence-corrected chi connectivity index (χ4v) is 2.10.